The number of fused-ring (bicyclic) bond motifs is 1. The number of hydrogen-bond donors (Lipinski definition) is 1. The second kappa shape index (κ2) is 5.87. The lowest BCUT2D eigenvalue weighted by Crippen LogP contribution is -2.01. The van der Waals surface area contributed by atoms with E-state index in [4.69, 9.17) is 4.98 Å². The molecule has 0 aliphatic rings. The van der Waals surface area contributed by atoms with Crippen molar-refractivity contribution in [2.24, 2.45) is 0 Å². The van der Waals surface area contributed by atoms with Gasteiger partial charge in [-0.2, -0.15) is 0 Å². The van der Waals surface area contributed by atoms with Crippen LogP contribution in [0.2, 0.25) is 0 Å². The van der Waals surface area contributed by atoms with Crippen molar-refractivity contribution in [2.45, 2.75) is 19.8 Å². The van der Waals surface area contributed by atoms with Crippen molar-refractivity contribution in [3.63, 3.8) is 0 Å². The lowest BCUT2D eigenvalue weighted by Gasteiger charge is -2.09. The van der Waals surface area contributed by atoms with E-state index in [1.165, 1.54) is 0 Å². The molecule has 2 aromatic heterocycles. The first-order valence-electron chi connectivity index (χ1n) is 7.20. The normalized spacial score (nSPS) is 10.8. The molecule has 106 valence electrons. The van der Waals surface area contributed by atoms with Gasteiger partial charge in [0.2, 0.25) is 0 Å². The number of nitrogens with zero attached hydrogens (tertiary/aromatic N) is 3. The minimum absolute atomic E-state index is 0.856. The molecule has 21 heavy (non-hydrogen) atoms. The van der Waals surface area contributed by atoms with Crippen molar-refractivity contribution < 1.29 is 0 Å². The first kappa shape index (κ1) is 13.5. The molecule has 3 rings (SSSR count). The summed E-state index contributed by atoms with van der Waals surface area (Å²) in [6, 6.07) is 10.2. The van der Waals surface area contributed by atoms with Gasteiger partial charge < -0.3 is 5.32 Å². The zero-order valence-corrected chi connectivity index (χ0v) is 12.3. The summed E-state index contributed by atoms with van der Waals surface area (Å²) in [6.07, 6.45) is 5.62. The summed E-state index contributed by atoms with van der Waals surface area (Å²) in [6.45, 7) is 2.14. The van der Waals surface area contributed by atoms with Gasteiger partial charge in [0.05, 0.1) is 5.69 Å². The highest BCUT2D eigenvalue weighted by atomic mass is 15.0. The maximum absolute atomic E-state index is 4.72. The summed E-state index contributed by atoms with van der Waals surface area (Å²) in [4.78, 5) is 13.4. The molecular weight excluding hydrogens is 260 g/mol. The first-order valence-corrected chi connectivity index (χ1v) is 7.20. The highest BCUT2D eigenvalue weighted by Crippen LogP contribution is 2.28. The van der Waals surface area contributed by atoms with E-state index in [1.807, 2.05) is 37.6 Å². The Morgan fingerprint density at radius 1 is 1.14 bits per heavy atom. The third kappa shape index (κ3) is 2.70. The Hall–Kier alpha value is -2.49. The lowest BCUT2D eigenvalue weighted by molar-refractivity contribution is 0.838. The monoisotopic (exact) mass is 278 g/mol. The van der Waals surface area contributed by atoms with Gasteiger partial charge in [-0.05, 0) is 17.9 Å². The number of nitrogens with one attached hydrogen (secondary N) is 1. The maximum Gasteiger partial charge on any atom is 0.131 e. The van der Waals surface area contributed by atoms with E-state index in [0.29, 0.717) is 0 Å². The quantitative estimate of drug-likeness (QED) is 0.791. The van der Waals surface area contributed by atoms with Crippen LogP contribution in [0.4, 0.5) is 5.82 Å². The minimum Gasteiger partial charge on any atom is -0.373 e. The molecule has 0 radical (unpaired) electrons. The van der Waals surface area contributed by atoms with Crippen molar-refractivity contribution in [2.75, 3.05) is 12.4 Å². The molecule has 0 bridgehead atoms. The largest absolute Gasteiger partial charge is 0.373 e. The van der Waals surface area contributed by atoms with Crippen LogP contribution in [-0.2, 0) is 6.42 Å². The molecule has 0 saturated carbocycles. The zero-order valence-electron chi connectivity index (χ0n) is 12.3. The molecule has 4 nitrogen and oxygen atoms in total. The molecule has 2 heterocycles. The van der Waals surface area contributed by atoms with Crippen molar-refractivity contribution in [1.29, 1.82) is 0 Å². The summed E-state index contributed by atoms with van der Waals surface area (Å²) >= 11 is 0. The molecule has 0 unspecified atom stereocenters. The molecule has 0 fully saturated rings. The summed E-state index contributed by atoms with van der Waals surface area (Å²) < 4.78 is 0. The predicted molar refractivity (Wildman–Crippen MR) is 86.3 cm³/mol. The Morgan fingerprint density at radius 3 is 2.86 bits per heavy atom. The standard InChI is InChI=1S/C17H18N4/c1-3-5-16-20-15(10-17(18-2)21-16)14-7-4-6-12-11-19-9-8-13(12)14/h4,6-11H,3,5H2,1-2H3,(H,18,20,21). The molecule has 1 N–H and O–H groups in total. The fraction of sp³-hybridized carbons (Fsp3) is 0.235. The van der Waals surface area contributed by atoms with Gasteiger partial charge in [-0.3, -0.25) is 4.98 Å². The van der Waals surface area contributed by atoms with Gasteiger partial charge >= 0.3 is 0 Å². The summed E-state index contributed by atoms with van der Waals surface area (Å²) in [5.41, 5.74) is 2.07. The Labute approximate surface area is 124 Å². The van der Waals surface area contributed by atoms with Gasteiger partial charge in [0.25, 0.3) is 0 Å². The fourth-order valence-electron chi connectivity index (χ4n) is 2.44. The van der Waals surface area contributed by atoms with Crippen LogP contribution in [0, 0.1) is 0 Å². The van der Waals surface area contributed by atoms with E-state index in [2.05, 4.69) is 34.3 Å². The summed E-state index contributed by atoms with van der Waals surface area (Å²) in [5, 5.41) is 5.41. The molecule has 0 saturated heterocycles. The van der Waals surface area contributed by atoms with Crippen LogP contribution in [-0.4, -0.2) is 22.0 Å². The fourth-order valence-corrected chi connectivity index (χ4v) is 2.44. The van der Waals surface area contributed by atoms with Crippen LogP contribution in [0.5, 0.6) is 0 Å². The second-order valence-electron chi connectivity index (χ2n) is 4.96. The summed E-state index contributed by atoms with van der Waals surface area (Å²) in [5.74, 6) is 1.74. The molecule has 0 atom stereocenters. The Morgan fingerprint density at radius 2 is 2.05 bits per heavy atom. The van der Waals surface area contributed by atoms with Gasteiger partial charge in [-0.1, -0.05) is 25.1 Å². The molecular formula is C17H18N4. The van der Waals surface area contributed by atoms with Gasteiger partial charge in [0.1, 0.15) is 11.6 Å². The van der Waals surface area contributed by atoms with Crippen molar-refractivity contribution >= 4 is 16.6 Å². The van der Waals surface area contributed by atoms with Gasteiger partial charge in [-0.15, -0.1) is 0 Å². The van der Waals surface area contributed by atoms with Crippen LogP contribution in [0.1, 0.15) is 19.2 Å². The Bertz CT molecular complexity index is 762. The smallest absolute Gasteiger partial charge is 0.131 e. The second-order valence-corrected chi connectivity index (χ2v) is 4.96. The number of aryl methyl sites for hydroxylation is 1. The van der Waals surface area contributed by atoms with E-state index in [-0.39, 0.29) is 0 Å². The third-order valence-corrected chi connectivity index (χ3v) is 3.46. The molecule has 0 aliphatic carbocycles. The molecule has 3 aromatic rings. The number of anilines is 1. The third-order valence-electron chi connectivity index (χ3n) is 3.46. The zero-order chi connectivity index (χ0) is 14.7. The predicted octanol–water partition coefficient (Wildman–Crippen LogP) is 3.69. The average molecular weight is 278 g/mol. The Balaban J connectivity index is 2.20. The lowest BCUT2D eigenvalue weighted by atomic mass is 10.0. The minimum atomic E-state index is 0.856. The molecule has 1 aromatic carbocycles. The number of rotatable bonds is 4. The van der Waals surface area contributed by atoms with Gasteiger partial charge in [-0.25, -0.2) is 9.97 Å². The topological polar surface area (TPSA) is 50.7 Å². The SMILES string of the molecule is CCCc1nc(NC)cc(-c2cccc3cnccc23)n1. The van der Waals surface area contributed by atoms with E-state index in [9.17, 15) is 0 Å². The number of aromatic nitrogens is 3. The number of benzene rings is 1. The number of hydrogen-bond acceptors (Lipinski definition) is 4. The Kier molecular flexibility index (Phi) is 3.77. The van der Waals surface area contributed by atoms with Crippen LogP contribution in [0.15, 0.2) is 42.7 Å². The van der Waals surface area contributed by atoms with Gasteiger partial charge in [0.15, 0.2) is 0 Å². The van der Waals surface area contributed by atoms with E-state index in [0.717, 1.165) is 46.5 Å². The van der Waals surface area contributed by atoms with Crippen LogP contribution in [0.25, 0.3) is 22.0 Å². The summed E-state index contributed by atoms with van der Waals surface area (Å²) in [7, 11) is 1.88. The van der Waals surface area contributed by atoms with Crippen LogP contribution < -0.4 is 5.32 Å². The highest BCUT2D eigenvalue weighted by molar-refractivity contribution is 5.95. The van der Waals surface area contributed by atoms with E-state index in [1.54, 1.807) is 0 Å². The van der Waals surface area contributed by atoms with Crippen LogP contribution in [0.3, 0.4) is 0 Å². The first-order chi connectivity index (χ1) is 10.3. The number of pyridine rings is 1. The molecule has 0 aliphatic heterocycles. The molecule has 0 amide bonds. The van der Waals surface area contributed by atoms with Crippen LogP contribution >= 0.6 is 0 Å². The maximum atomic E-state index is 4.72. The molecule has 4 heteroatoms. The van der Waals surface area contributed by atoms with Crippen molar-refractivity contribution in [3.05, 3.63) is 48.5 Å². The highest BCUT2D eigenvalue weighted by Gasteiger charge is 2.08. The molecule has 0 spiro atoms. The average Bonchev–Trinajstić information content (AvgIpc) is 2.54. The van der Waals surface area contributed by atoms with Crippen molar-refractivity contribution in [3.8, 4) is 11.3 Å². The van der Waals surface area contributed by atoms with Gasteiger partial charge in [0, 0.05) is 42.9 Å². The van der Waals surface area contributed by atoms with Crippen molar-refractivity contribution in [1.82, 2.24) is 15.0 Å². The van der Waals surface area contributed by atoms with E-state index >= 15 is 0 Å². The van der Waals surface area contributed by atoms with E-state index < -0.39 is 0 Å².